The zero-order chi connectivity index (χ0) is 19.8. The highest BCUT2D eigenvalue weighted by molar-refractivity contribution is 14.0. The third-order valence-electron chi connectivity index (χ3n) is 5.31. The summed E-state index contributed by atoms with van der Waals surface area (Å²) in [4.78, 5) is 7.26. The monoisotopic (exact) mass is 511 g/mol. The molecule has 7 heteroatoms. The van der Waals surface area contributed by atoms with E-state index >= 15 is 0 Å². The summed E-state index contributed by atoms with van der Waals surface area (Å²) in [7, 11) is 0. The van der Waals surface area contributed by atoms with Crippen molar-refractivity contribution < 1.29 is 4.52 Å². The lowest BCUT2D eigenvalue weighted by Gasteiger charge is -2.19. The highest BCUT2D eigenvalue weighted by atomic mass is 127. The van der Waals surface area contributed by atoms with Crippen molar-refractivity contribution in [2.45, 2.75) is 46.6 Å². The third kappa shape index (κ3) is 6.35. The second-order valence-electron chi connectivity index (χ2n) is 7.25. The first-order valence-corrected chi connectivity index (χ1v) is 10.5. The maximum atomic E-state index is 5.46. The summed E-state index contributed by atoms with van der Waals surface area (Å²) in [5.74, 6) is 2.44. The third-order valence-corrected chi connectivity index (χ3v) is 5.31. The van der Waals surface area contributed by atoms with Crippen LogP contribution in [0.2, 0.25) is 0 Å². The van der Waals surface area contributed by atoms with Crippen LogP contribution in [0.25, 0.3) is 0 Å². The zero-order valence-electron chi connectivity index (χ0n) is 17.8. The van der Waals surface area contributed by atoms with Crippen LogP contribution in [0.4, 0.5) is 5.69 Å². The van der Waals surface area contributed by atoms with E-state index in [0.29, 0.717) is 12.5 Å². The van der Waals surface area contributed by atoms with Gasteiger partial charge in [0.25, 0.3) is 0 Å². The number of benzene rings is 1. The lowest BCUT2D eigenvalue weighted by molar-refractivity contribution is 0.380. The van der Waals surface area contributed by atoms with Gasteiger partial charge in [0.05, 0.1) is 12.2 Å². The fourth-order valence-corrected chi connectivity index (χ4v) is 3.73. The van der Waals surface area contributed by atoms with E-state index in [1.807, 2.05) is 0 Å². The van der Waals surface area contributed by atoms with Crippen LogP contribution >= 0.6 is 24.0 Å². The number of nitrogens with one attached hydrogen (secondary N) is 2. The van der Waals surface area contributed by atoms with E-state index < -0.39 is 0 Å². The summed E-state index contributed by atoms with van der Waals surface area (Å²) in [5.41, 5.74) is 3.47. The molecule has 2 N–H and O–H groups in total. The van der Waals surface area contributed by atoms with Crippen molar-refractivity contribution in [3.8, 4) is 0 Å². The molecule has 0 amide bonds. The van der Waals surface area contributed by atoms with Crippen LogP contribution in [0.3, 0.4) is 0 Å². The molecule has 2 heterocycles. The molecule has 1 aromatic heterocycles. The SMILES string of the molecule is CCNC(=NCc1c(CC)noc1CC)NCC1CCN(c2ccccc2)C1.I. The van der Waals surface area contributed by atoms with E-state index in [0.717, 1.165) is 62.0 Å². The van der Waals surface area contributed by atoms with Crippen LogP contribution in [-0.4, -0.2) is 37.3 Å². The van der Waals surface area contributed by atoms with Crippen molar-refractivity contribution in [3.05, 3.63) is 47.3 Å². The molecule has 0 spiro atoms. The summed E-state index contributed by atoms with van der Waals surface area (Å²) < 4.78 is 5.46. The minimum Gasteiger partial charge on any atom is -0.371 e. The Bertz CT molecular complexity index is 740. The predicted octanol–water partition coefficient (Wildman–Crippen LogP) is 4.00. The average molecular weight is 511 g/mol. The topological polar surface area (TPSA) is 65.7 Å². The molecule has 0 radical (unpaired) electrons. The van der Waals surface area contributed by atoms with Crippen molar-refractivity contribution in [2.75, 3.05) is 31.1 Å². The highest BCUT2D eigenvalue weighted by Gasteiger charge is 2.22. The van der Waals surface area contributed by atoms with Gasteiger partial charge in [0.1, 0.15) is 5.76 Å². The summed E-state index contributed by atoms with van der Waals surface area (Å²) in [6, 6.07) is 10.7. The van der Waals surface area contributed by atoms with E-state index in [4.69, 9.17) is 9.52 Å². The first-order valence-electron chi connectivity index (χ1n) is 10.5. The zero-order valence-corrected chi connectivity index (χ0v) is 20.1. The van der Waals surface area contributed by atoms with Crippen molar-refractivity contribution in [1.29, 1.82) is 0 Å². The molecule has 0 bridgehead atoms. The predicted molar refractivity (Wildman–Crippen MR) is 130 cm³/mol. The summed E-state index contributed by atoms with van der Waals surface area (Å²) in [6.45, 7) is 10.9. The Kier molecular flexibility index (Phi) is 9.76. The van der Waals surface area contributed by atoms with Gasteiger partial charge in [-0.15, -0.1) is 24.0 Å². The number of nitrogens with zero attached hydrogens (tertiary/aromatic N) is 3. The molecule has 1 atom stereocenters. The van der Waals surface area contributed by atoms with Gasteiger partial charge in [0.15, 0.2) is 5.96 Å². The molecular weight excluding hydrogens is 477 g/mol. The number of rotatable bonds is 8. The summed E-state index contributed by atoms with van der Waals surface area (Å²) >= 11 is 0. The van der Waals surface area contributed by atoms with Gasteiger partial charge in [-0.3, -0.25) is 0 Å². The van der Waals surface area contributed by atoms with Gasteiger partial charge in [-0.2, -0.15) is 0 Å². The van der Waals surface area contributed by atoms with Crippen LogP contribution in [0.15, 0.2) is 39.8 Å². The lowest BCUT2D eigenvalue weighted by atomic mass is 10.1. The number of guanidine groups is 1. The molecule has 1 aromatic carbocycles. The van der Waals surface area contributed by atoms with E-state index in [2.05, 4.69) is 71.8 Å². The second kappa shape index (κ2) is 12.0. The molecule has 0 saturated carbocycles. The molecule has 3 rings (SSSR count). The minimum absolute atomic E-state index is 0. The quantitative estimate of drug-likeness (QED) is 0.319. The molecule has 160 valence electrons. The smallest absolute Gasteiger partial charge is 0.191 e. The molecule has 1 aliphatic rings. The first-order chi connectivity index (χ1) is 13.7. The number of aromatic nitrogens is 1. The number of hydrogen-bond donors (Lipinski definition) is 2. The molecule has 29 heavy (non-hydrogen) atoms. The van der Waals surface area contributed by atoms with Gasteiger partial charge < -0.3 is 20.1 Å². The Hall–Kier alpha value is -1.77. The van der Waals surface area contributed by atoms with Crippen LogP contribution in [-0.2, 0) is 19.4 Å². The van der Waals surface area contributed by atoms with Crippen molar-refractivity contribution in [1.82, 2.24) is 15.8 Å². The number of halogens is 1. The average Bonchev–Trinajstić information content (AvgIpc) is 3.37. The fourth-order valence-electron chi connectivity index (χ4n) is 3.73. The van der Waals surface area contributed by atoms with E-state index in [1.165, 1.54) is 12.1 Å². The van der Waals surface area contributed by atoms with Crippen molar-refractivity contribution in [2.24, 2.45) is 10.9 Å². The number of hydrogen-bond acceptors (Lipinski definition) is 4. The first kappa shape index (κ1) is 23.5. The standard InChI is InChI=1S/C22H33N5O.HI/c1-4-20-19(21(5-2)28-26-20)15-25-22(23-6-3)24-14-17-12-13-27(16-17)18-10-8-7-9-11-18;/h7-11,17H,4-6,12-16H2,1-3H3,(H2,23,24,25);1H. The number of anilines is 1. The minimum atomic E-state index is 0. The van der Waals surface area contributed by atoms with Crippen molar-refractivity contribution in [3.63, 3.8) is 0 Å². The number of aryl methyl sites for hydroxylation is 2. The maximum Gasteiger partial charge on any atom is 0.191 e. The van der Waals surface area contributed by atoms with E-state index in [-0.39, 0.29) is 24.0 Å². The molecule has 1 unspecified atom stereocenters. The summed E-state index contributed by atoms with van der Waals surface area (Å²) in [6.07, 6.45) is 2.92. The van der Waals surface area contributed by atoms with Gasteiger partial charge in [0.2, 0.25) is 0 Å². The second-order valence-corrected chi connectivity index (χ2v) is 7.25. The Morgan fingerprint density at radius 2 is 1.97 bits per heavy atom. The Balaban J connectivity index is 0.00000300. The normalized spacial score (nSPS) is 16.6. The maximum absolute atomic E-state index is 5.46. The van der Waals surface area contributed by atoms with Gasteiger partial charge >= 0.3 is 0 Å². The van der Waals surface area contributed by atoms with Gasteiger partial charge in [0, 0.05) is 43.9 Å². The summed E-state index contributed by atoms with van der Waals surface area (Å²) in [5, 5.41) is 11.1. The molecular formula is C22H34IN5O. The van der Waals surface area contributed by atoms with Crippen LogP contribution in [0, 0.1) is 5.92 Å². The Morgan fingerprint density at radius 1 is 1.17 bits per heavy atom. The molecule has 0 aliphatic carbocycles. The van der Waals surface area contributed by atoms with Crippen LogP contribution < -0.4 is 15.5 Å². The van der Waals surface area contributed by atoms with Crippen molar-refractivity contribution >= 4 is 35.6 Å². The van der Waals surface area contributed by atoms with Crippen LogP contribution in [0.5, 0.6) is 0 Å². The number of para-hydroxylation sites is 1. The molecule has 1 saturated heterocycles. The largest absolute Gasteiger partial charge is 0.371 e. The lowest BCUT2D eigenvalue weighted by Crippen LogP contribution is -2.40. The Labute approximate surface area is 191 Å². The van der Waals surface area contributed by atoms with E-state index in [1.54, 1.807) is 0 Å². The Morgan fingerprint density at radius 3 is 2.66 bits per heavy atom. The molecule has 2 aromatic rings. The van der Waals surface area contributed by atoms with E-state index in [9.17, 15) is 0 Å². The van der Waals surface area contributed by atoms with Gasteiger partial charge in [-0.25, -0.2) is 4.99 Å². The van der Waals surface area contributed by atoms with Gasteiger partial charge in [-0.1, -0.05) is 37.2 Å². The fraction of sp³-hybridized carbons (Fsp3) is 0.545. The highest BCUT2D eigenvalue weighted by Crippen LogP contribution is 2.23. The van der Waals surface area contributed by atoms with Gasteiger partial charge in [-0.05, 0) is 37.8 Å². The number of aliphatic imine (C=N–C) groups is 1. The molecule has 6 nitrogen and oxygen atoms in total. The molecule has 1 aliphatic heterocycles. The van der Waals surface area contributed by atoms with Crippen LogP contribution in [0.1, 0.15) is 44.2 Å². The molecule has 1 fully saturated rings.